The molecule has 0 bridgehead atoms. The van der Waals surface area contributed by atoms with Gasteiger partial charge in [-0.3, -0.25) is 4.79 Å². The largest absolute Gasteiger partial charge is 0.478 e. The summed E-state index contributed by atoms with van der Waals surface area (Å²) >= 11 is 0. The Morgan fingerprint density at radius 1 is 1.16 bits per heavy atom. The molecule has 192 valence electrons. The van der Waals surface area contributed by atoms with Crippen LogP contribution in [0.3, 0.4) is 0 Å². The summed E-state index contributed by atoms with van der Waals surface area (Å²) in [5.74, 6) is -1.24. The van der Waals surface area contributed by atoms with Crippen molar-refractivity contribution in [2.75, 3.05) is 13.1 Å². The average Bonchev–Trinajstić information content (AvgIpc) is 3.34. The van der Waals surface area contributed by atoms with E-state index in [9.17, 15) is 27.9 Å². The second-order valence-corrected chi connectivity index (χ2v) is 10.6. The predicted octanol–water partition coefficient (Wildman–Crippen LogP) is 2.79. The summed E-state index contributed by atoms with van der Waals surface area (Å²) in [6.07, 6.45) is 1.82. The molecular formula is C25H24N4O7S. The van der Waals surface area contributed by atoms with Crippen LogP contribution in [0, 0.1) is 0 Å². The molecule has 1 amide bonds. The molecule has 2 aromatic carbocycles. The molecule has 1 saturated heterocycles. The molecule has 4 aromatic rings. The molecular weight excluding hydrogens is 500 g/mol. The molecule has 11 nitrogen and oxygen atoms in total. The smallest absolute Gasteiger partial charge is 0.410 e. The first-order chi connectivity index (χ1) is 17.7. The van der Waals surface area contributed by atoms with Crippen LogP contribution in [-0.4, -0.2) is 59.6 Å². The minimum Gasteiger partial charge on any atom is -0.478 e. The van der Waals surface area contributed by atoms with Crippen LogP contribution in [0.5, 0.6) is 0 Å². The zero-order valence-electron chi connectivity index (χ0n) is 19.6. The van der Waals surface area contributed by atoms with Crippen LogP contribution in [0.4, 0.5) is 4.79 Å². The van der Waals surface area contributed by atoms with Gasteiger partial charge in [0.15, 0.2) is 0 Å². The fourth-order valence-corrected chi connectivity index (χ4v) is 5.87. The molecule has 37 heavy (non-hydrogen) atoms. The molecule has 3 heterocycles. The Morgan fingerprint density at radius 3 is 2.70 bits per heavy atom. The normalized spacial score (nSPS) is 16.2. The number of benzene rings is 2. The number of nitrogens with one attached hydrogen (secondary N) is 3. The Balaban J connectivity index is 1.36. The van der Waals surface area contributed by atoms with Crippen LogP contribution in [-0.2, 0) is 21.4 Å². The summed E-state index contributed by atoms with van der Waals surface area (Å²) in [6.45, 7) is 0.731. The third-order valence-electron chi connectivity index (χ3n) is 6.36. The number of pyridine rings is 1. The summed E-state index contributed by atoms with van der Waals surface area (Å²) in [6, 6.07) is 12.8. The van der Waals surface area contributed by atoms with Gasteiger partial charge in [-0.05, 0) is 36.6 Å². The van der Waals surface area contributed by atoms with Crippen LogP contribution >= 0.6 is 0 Å². The number of aromatic carboxylic acids is 1. The fraction of sp³-hybridized carbons (Fsp3) is 0.240. The van der Waals surface area contributed by atoms with E-state index in [2.05, 4.69) is 14.7 Å². The lowest BCUT2D eigenvalue weighted by molar-refractivity contribution is 0.0698. The van der Waals surface area contributed by atoms with Gasteiger partial charge in [0.1, 0.15) is 12.1 Å². The summed E-state index contributed by atoms with van der Waals surface area (Å²) in [5.41, 5.74) is 0.564. The fourth-order valence-electron chi connectivity index (χ4n) is 4.58. The number of rotatable bonds is 6. The number of hydrogen-bond donors (Lipinski definition) is 4. The molecule has 0 radical (unpaired) electrons. The second-order valence-electron chi connectivity index (χ2n) is 8.87. The Labute approximate surface area is 211 Å². The van der Waals surface area contributed by atoms with Gasteiger partial charge >= 0.3 is 12.1 Å². The number of nitrogens with zero attached hydrogens (tertiary/aromatic N) is 1. The molecule has 1 aliphatic heterocycles. The molecule has 1 atom stereocenters. The number of amides is 1. The van der Waals surface area contributed by atoms with Gasteiger partial charge in [0, 0.05) is 41.6 Å². The molecule has 4 N–H and O–H groups in total. The Hall–Kier alpha value is -4.16. The number of carbonyl (C=O) groups is 2. The number of carboxylic acid groups (broad SMARTS) is 1. The van der Waals surface area contributed by atoms with Crippen molar-refractivity contribution in [2.45, 2.75) is 30.4 Å². The first kappa shape index (κ1) is 24.5. The van der Waals surface area contributed by atoms with E-state index in [4.69, 9.17) is 4.74 Å². The number of likely N-dealkylation sites (tertiary alicyclic amines) is 1. The number of H-pyrrole nitrogens is 2. The highest BCUT2D eigenvalue weighted by Gasteiger charge is 2.29. The highest BCUT2D eigenvalue weighted by molar-refractivity contribution is 7.89. The lowest BCUT2D eigenvalue weighted by atomic mass is 10.1. The maximum absolute atomic E-state index is 13.2. The van der Waals surface area contributed by atoms with Crippen molar-refractivity contribution in [1.29, 1.82) is 0 Å². The van der Waals surface area contributed by atoms with E-state index in [1.165, 1.54) is 29.3 Å². The van der Waals surface area contributed by atoms with Gasteiger partial charge in [-0.25, -0.2) is 22.7 Å². The van der Waals surface area contributed by atoms with E-state index < -0.39 is 33.7 Å². The number of carbonyl (C=O) groups excluding carboxylic acids is 1. The zero-order chi connectivity index (χ0) is 26.2. The van der Waals surface area contributed by atoms with E-state index in [0.717, 1.165) is 5.56 Å². The van der Waals surface area contributed by atoms with Crippen LogP contribution in [0.25, 0.3) is 21.8 Å². The van der Waals surface area contributed by atoms with Crippen LogP contribution in [0.2, 0.25) is 0 Å². The van der Waals surface area contributed by atoms with Gasteiger partial charge in [0.25, 0.3) is 5.56 Å². The van der Waals surface area contributed by atoms with E-state index >= 15 is 0 Å². The molecule has 0 spiro atoms. The van der Waals surface area contributed by atoms with Crippen molar-refractivity contribution in [2.24, 2.45) is 0 Å². The number of fused-ring (bicyclic) bond motifs is 3. The maximum Gasteiger partial charge on any atom is 0.410 e. The number of aromatic nitrogens is 2. The highest BCUT2D eigenvalue weighted by Crippen LogP contribution is 2.27. The SMILES string of the molecule is O=C(O)c1c[nH]c2c(=O)[nH]c3ccc(S(=O)(=O)NC4CCCN(C(=O)OCc5ccccc5)C4)cc3c12. The summed E-state index contributed by atoms with van der Waals surface area (Å²) in [5, 5.41) is 9.95. The van der Waals surface area contributed by atoms with Gasteiger partial charge in [0.05, 0.1) is 10.5 Å². The van der Waals surface area contributed by atoms with Crippen molar-refractivity contribution < 1.29 is 27.9 Å². The predicted molar refractivity (Wildman–Crippen MR) is 135 cm³/mol. The number of aromatic amines is 2. The topological polar surface area (TPSA) is 162 Å². The zero-order valence-corrected chi connectivity index (χ0v) is 20.4. The summed E-state index contributed by atoms with van der Waals surface area (Å²) in [7, 11) is -4.03. The maximum atomic E-state index is 13.2. The lowest BCUT2D eigenvalue weighted by Gasteiger charge is -2.32. The third-order valence-corrected chi connectivity index (χ3v) is 7.88. The number of piperidine rings is 1. The van der Waals surface area contributed by atoms with Crippen LogP contribution in [0.1, 0.15) is 28.8 Å². The van der Waals surface area contributed by atoms with Crippen molar-refractivity contribution in [1.82, 2.24) is 19.6 Å². The van der Waals surface area contributed by atoms with Crippen molar-refractivity contribution in [3.8, 4) is 0 Å². The number of sulfonamides is 1. The van der Waals surface area contributed by atoms with Crippen molar-refractivity contribution in [3.05, 3.63) is 76.2 Å². The molecule has 0 saturated carbocycles. The van der Waals surface area contributed by atoms with E-state index in [0.29, 0.717) is 24.9 Å². The molecule has 1 fully saturated rings. The summed E-state index contributed by atoms with van der Waals surface area (Å²) in [4.78, 5) is 43.3. The Kier molecular flexibility index (Phi) is 6.44. The van der Waals surface area contributed by atoms with Crippen LogP contribution < -0.4 is 10.3 Å². The minimum atomic E-state index is -4.03. The van der Waals surface area contributed by atoms with E-state index in [-0.39, 0.29) is 39.9 Å². The van der Waals surface area contributed by atoms with Crippen molar-refractivity contribution in [3.63, 3.8) is 0 Å². The number of carboxylic acids is 1. The number of hydrogen-bond acceptors (Lipinski definition) is 6. The minimum absolute atomic E-state index is 0.0457. The molecule has 1 aliphatic rings. The monoisotopic (exact) mass is 524 g/mol. The van der Waals surface area contributed by atoms with Gasteiger partial charge in [-0.1, -0.05) is 30.3 Å². The van der Waals surface area contributed by atoms with Gasteiger partial charge < -0.3 is 24.7 Å². The molecule has 1 unspecified atom stereocenters. The third kappa shape index (κ3) is 4.93. The molecule has 12 heteroatoms. The summed E-state index contributed by atoms with van der Waals surface area (Å²) < 4.78 is 34.5. The lowest BCUT2D eigenvalue weighted by Crippen LogP contribution is -2.49. The van der Waals surface area contributed by atoms with Gasteiger partial charge in [-0.2, -0.15) is 0 Å². The Bertz CT molecular complexity index is 1660. The molecule has 0 aliphatic carbocycles. The standard InChI is InChI=1S/C25H24N4O7S/c30-23-22-21(19(12-26-22)24(31)32)18-11-17(8-9-20(18)27-23)37(34,35)28-16-7-4-10-29(13-16)25(33)36-14-15-5-2-1-3-6-15/h1-3,5-6,8-9,11-12,16,26,28H,4,7,10,13-14H2,(H,27,30)(H,31,32). The molecule has 2 aromatic heterocycles. The van der Waals surface area contributed by atoms with E-state index in [1.807, 2.05) is 30.3 Å². The first-order valence-corrected chi connectivity index (χ1v) is 13.1. The average molecular weight is 525 g/mol. The number of ether oxygens (including phenoxy) is 1. The Morgan fingerprint density at radius 2 is 1.95 bits per heavy atom. The highest BCUT2D eigenvalue weighted by atomic mass is 32.2. The molecule has 5 rings (SSSR count). The first-order valence-electron chi connectivity index (χ1n) is 11.6. The second kappa shape index (κ2) is 9.71. The van der Waals surface area contributed by atoms with Crippen LogP contribution in [0.15, 0.2) is 64.4 Å². The van der Waals surface area contributed by atoms with Gasteiger partial charge in [-0.15, -0.1) is 0 Å². The quantitative estimate of drug-likeness (QED) is 0.301. The van der Waals surface area contributed by atoms with E-state index in [1.54, 1.807) is 0 Å². The van der Waals surface area contributed by atoms with Crippen molar-refractivity contribution >= 4 is 43.9 Å². The van der Waals surface area contributed by atoms with Gasteiger partial charge in [0.2, 0.25) is 10.0 Å².